The summed E-state index contributed by atoms with van der Waals surface area (Å²) in [6.45, 7) is 5.22. The number of morpholine rings is 1. The molecule has 0 spiro atoms. The van der Waals surface area contributed by atoms with Crippen molar-refractivity contribution in [2.24, 2.45) is 0 Å². The molecule has 0 aromatic heterocycles. The molecule has 6 nitrogen and oxygen atoms in total. The molecule has 1 fully saturated rings. The van der Waals surface area contributed by atoms with Crippen molar-refractivity contribution in [3.63, 3.8) is 0 Å². The number of benzene rings is 1. The smallest absolute Gasteiger partial charge is 0.279 e. The maximum Gasteiger partial charge on any atom is 0.279 e. The first-order valence-electron chi connectivity index (χ1n) is 7.60. The van der Waals surface area contributed by atoms with E-state index in [-0.39, 0.29) is 6.54 Å². The lowest BCUT2D eigenvalue weighted by atomic mass is 10.1. The first kappa shape index (κ1) is 17.4. The van der Waals surface area contributed by atoms with Gasteiger partial charge >= 0.3 is 0 Å². The summed E-state index contributed by atoms with van der Waals surface area (Å²) >= 11 is 0. The summed E-state index contributed by atoms with van der Waals surface area (Å²) in [5.41, 5.74) is 1.95. The van der Waals surface area contributed by atoms with E-state index >= 15 is 0 Å². The van der Waals surface area contributed by atoms with Crippen LogP contribution in [0.15, 0.2) is 24.3 Å². The van der Waals surface area contributed by atoms with Gasteiger partial charge in [-0.25, -0.2) is 0 Å². The van der Waals surface area contributed by atoms with Crippen LogP contribution in [0, 0.1) is 0 Å². The van der Waals surface area contributed by atoms with Crippen molar-refractivity contribution in [3.8, 4) is 0 Å². The van der Waals surface area contributed by atoms with E-state index < -0.39 is 10.2 Å². The summed E-state index contributed by atoms with van der Waals surface area (Å²) in [5.74, 6) is 0. The number of nitrogens with one attached hydrogen (secondary N) is 1. The summed E-state index contributed by atoms with van der Waals surface area (Å²) < 4.78 is 39.3. The zero-order valence-corrected chi connectivity index (χ0v) is 13.8. The van der Waals surface area contributed by atoms with E-state index in [1.165, 1.54) is 4.31 Å². The highest BCUT2D eigenvalue weighted by Crippen LogP contribution is 2.12. The van der Waals surface area contributed by atoms with Crippen LogP contribution in [0.5, 0.6) is 0 Å². The highest BCUT2D eigenvalue weighted by atomic mass is 32.2. The molecule has 1 aromatic carbocycles. The van der Waals surface area contributed by atoms with Gasteiger partial charge < -0.3 is 9.47 Å². The molecule has 1 N–H and O–H groups in total. The Morgan fingerprint density at radius 3 is 2.59 bits per heavy atom. The Labute approximate surface area is 132 Å². The van der Waals surface area contributed by atoms with Crippen LogP contribution in [-0.2, 0) is 32.8 Å². The van der Waals surface area contributed by atoms with Gasteiger partial charge in [0.2, 0.25) is 0 Å². The number of ether oxygens (including phenoxy) is 2. The predicted octanol–water partition coefficient (Wildman–Crippen LogP) is 1.28. The lowest BCUT2D eigenvalue weighted by molar-refractivity contribution is 0.0724. The van der Waals surface area contributed by atoms with Crippen molar-refractivity contribution in [3.05, 3.63) is 35.4 Å². The maximum absolute atomic E-state index is 12.3. The van der Waals surface area contributed by atoms with Gasteiger partial charge in [-0.05, 0) is 17.5 Å². The SMILES string of the molecule is CCCOCc1ccccc1CNS(=O)(=O)N1CCOCC1. The Kier molecular flexibility index (Phi) is 6.78. The minimum atomic E-state index is -3.46. The summed E-state index contributed by atoms with van der Waals surface area (Å²) in [4.78, 5) is 0. The highest BCUT2D eigenvalue weighted by molar-refractivity contribution is 7.87. The molecule has 0 unspecified atom stereocenters. The number of hydrogen-bond acceptors (Lipinski definition) is 4. The van der Waals surface area contributed by atoms with E-state index in [4.69, 9.17) is 9.47 Å². The van der Waals surface area contributed by atoms with Gasteiger partial charge in [-0.15, -0.1) is 0 Å². The van der Waals surface area contributed by atoms with Crippen molar-refractivity contribution in [2.75, 3.05) is 32.9 Å². The van der Waals surface area contributed by atoms with E-state index in [0.717, 1.165) is 17.5 Å². The zero-order valence-electron chi connectivity index (χ0n) is 13.0. The monoisotopic (exact) mass is 328 g/mol. The molecule has 22 heavy (non-hydrogen) atoms. The van der Waals surface area contributed by atoms with Crippen molar-refractivity contribution >= 4 is 10.2 Å². The minimum absolute atomic E-state index is 0.269. The van der Waals surface area contributed by atoms with Gasteiger partial charge in [-0.3, -0.25) is 0 Å². The number of hydrogen-bond donors (Lipinski definition) is 1. The summed E-state index contributed by atoms with van der Waals surface area (Å²) in [7, 11) is -3.46. The lowest BCUT2D eigenvalue weighted by Crippen LogP contribution is -2.46. The Balaban J connectivity index is 1.95. The third-order valence-electron chi connectivity index (χ3n) is 3.48. The molecule has 0 saturated carbocycles. The van der Waals surface area contributed by atoms with Crippen LogP contribution in [0.4, 0.5) is 0 Å². The first-order valence-corrected chi connectivity index (χ1v) is 9.04. The van der Waals surface area contributed by atoms with Gasteiger partial charge in [-0.2, -0.15) is 17.4 Å². The fraction of sp³-hybridized carbons (Fsp3) is 0.600. The van der Waals surface area contributed by atoms with Crippen LogP contribution in [0.3, 0.4) is 0 Å². The summed E-state index contributed by atoms with van der Waals surface area (Å²) in [6, 6.07) is 7.73. The normalized spacial score (nSPS) is 16.8. The van der Waals surface area contributed by atoms with Crippen LogP contribution in [0.25, 0.3) is 0 Å². The van der Waals surface area contributed by atoms with Gasteiger partial charge in [0.05, 0.1) is 19.8 Å². The number of nitrogens with zero attached hydrogens (tertiary/aromatic N) is 1. The Hall–Kier alpha value is -0.990. The third kappa shape index (κ3) is 5.03. The standard InChI is InChI=1S/C15H24N2O4S/c1-2-9-21-13-15-6-4-3-5-14(15)12-16-22(18,19)17-7-10-20-11-8-17/h3-6,16H,2,7-13H2,1H3. The molecule has 1 aliphatic heterocycles. The fourth-order valence-electron chi connectivity index (χ4n) is 2.24. The topological polar surface area (TPSA) is 67.9 Å². The predicted molar refractivity (Wildman–Crippen MR) is 84.5 cm³/mol. The van der Waals surface area contributed by atoms with Crippen molar-refractivity contribution < 1.29 is 17.9 Å². The van der Waals surface area contributed by atoms with Gasteiger partial charge in [0.15, 0.2) is 0 Å². The molecule has 0 aliphatic carbocycles. The third-order valence-corrected chi connectivity index (χ3v) is 5.03. The van der Waals surface area contributed by atoms with Gasteiger partial charge in [0.1, 0.15) is 0 Å². The van der Waals surface area contributed by atoms with Crippen molar-refractivity contribution in [2.45, 2.75) is 26.5 Å². The molecule has 1 aromatic rings. The zero-order chi connectivity index (χ0) is 15.8. The first-order chi connectivity index (χ1) is 10.6. The molecule has 1 aliphatic rings. The molecule has 2 rings (SSSR count). The second-order valence-electron chi connectivity index (χ2n) is 5.16. The molecule has 7 heteroatoms. The second kappa shape index (κ2) is 8.59. The van der Waals surface area contributed by atoms with Gasteiger partial charge in [-0.1, -0.05) is 31.2 Å². The average molecular weight is 328 g/mol. The van der Waals surface area contributed by atoms with Crippen LogP contribution in [-0.4, -0.2) is 45.6 Å². The molecule has 0 bridgehead atoms. The van der Waals surface area contributed by atoms with E-state index in [2.05, 4.69) is 11.6 Å². The van der Waals surface area contributed by atoms with E-state index in [1.807, 2.05) is 24.3 Å². The van der Waals surface area contributed by atoms with Crippen LogP contribution in [0.1, 0.15) is 24.5 Å². The Morgan fingerprint density at radius 1 is 1.23 bits per heavy atom. The van der Waals surface area contributed by atoms with Gasteiger partial charge in [0, 0.05) is 26.2 Å². The van der Waals surface area contributed by atoms with Crippen LogP contribution in [0.2, 0.25) is 0 Å². The molecule has 1 saturated heterocycles. The Morgan fingerprint density at radius 2 is 1.91 bits per heavy atom. The molecule has 0 atom stereocenters. The molecule has 124 valence electrons. The summed E-state index contributed by atoms with van der Waals surface area (Å²) in [6.07, 6.45) is 0.964. The maximum atomic E-state index is 12.3. The lowest BCUT2D eigenvalue weighted by Gasteiger charge is -2.26. The second-order valence-corrected chi connectivity index (χ2v) is 6.91. The molecule has 0 radical (unpaired) electrons. The van der Waals surface area contributed by atoms with E-state index in [1.54, 1.807) is 0 Å². The molecule has 1 heterocycles. The van der Waals surface area contributed by atoms with E-state index in [0.29, 0.717) is 39.5 Å². The van der Waals surface area contributed by atoms with Crippen molar-refractivity contribution in [1.82, 2.24) is 9.03 Å². The van der Waals surface area contributed by atoms with Gasteiger partial charge in [0.25, 0.3) is 10.2 Å². The van der Waals surface area contributed by atoms with Crippen LogP contribution < -0.4 is 4.72 Å². The molecule has 0 amide bonds. The Bertz CT molecular complexity index is 556. The summed E-state index contributed by atoms with van der Waals surface area (Å²) in [5, 5.41) is 0. The minimum Gasteiger partial charge on any atom is -0.379 e. The quantitative estimate of drug-likeness (QED) is 0.730. The van der Waals surface area contributed by atoms with Crippen LogP contribution >= 0.6 is 0 Å². The van der Waals surface area contributed by atoms with E-state index in [9.17, 15) is 8.42 Å². The average Bonchev–Trinajstić information content (AvgIpc) is 2.55. The highest BCUT2D eigenvalue weighted by Gasteiger charge is 2.23. The largest absolute Gasteiger partial charge is 0.379 e. The molecular formula is C15H24N2O4S. The molecular weight excluding hydrogens is 304 g/mol. The van der Waals surface area contributed by atoms with Crippen molar-refractivity contribution in [1.29, 1.82) is 0 Å². The fourth-order valence-corrected chi connectivity index (χ4v) is 3.39. The number of rotatable bonds is 8.